The van der Waals surface area contributed by atoms with Crippen LogP contribution >= 0.6 is 0 Å². The lowest BCUT2D eigenvalue weighted by Crippen LogP contribution is -2.39. The summed E-state index contributed by atoms with van der Waals surface area (Å²) >= 11 is 0. The number of likely N-dealkylation sites (tertiary alicyclic amines) is 1. The number of hydrogen-bond donors (Lipinski definition) is 4. The molecule has 0 unspecified atom stereocenters. The average Bonchev–Trinajstić information content (AvgIpc) is 3.95. The zero-order chi connectivity index (χ0) is 49.2. The van der Waals surface area contributed by atoms with Crippen molar-refractivity contribution in [3.8, 4) is 22.4 Å². The van der Waals surface area contributed by atoms with Gasteiger partial charge in [-0.1, -0.05) is 142 Å². The summed E-state index contributed by atoms with van der Waals surface area (Å²) in [5, 5.41) is 28.4. The molecule has 3 atom stereocenters. The standard InChI is InChI=1S/C59H73FN4O5/c1-4-5-6-7-8-9-10-11-12-13-14-15-16-17-18-19-20-21-28-33-54(68)63-40-38-50(44-63)61-53(67)43-52(66)42-51(65)39-41-64-57(45(2)3)56(59(69)62-49-31-26-23-27-32-49)55(46-29-24-22-25-30-46)58(64)47-34-36-48(60)37-35-47/h5-6,8-9,11-12,14-15,17-18,20-27,29-32,34-37,45,50-52,65-66H,4,7,10,13,16,19,28,33,38-44H2,1-3H3,(H,61,67)(H,62,69)/b6-5-,9-8-,12-11-,15-14-,18-17-,21-20-/t50-,51-,52-/m1/s1. The van der Waals surface area contributed by atoms with Crippen molar-refractivity contribution < 1.29 is 29.0 Å². The molecule has 4 N–H and O–H groups in total. The van der Waals surface area contributed by atoms with Crippen LogP contribution in [0.25, 0.3) is 22.4 Å². The number of amides is 3. The largest absolute Gasteiger partial charge is 0.393 e. The SMILES string of the molecule is CC/C=C\C/C=C\C/C=C\C/C=C\C/C=C\C/C=C\CCC(=O)N1CC[C@@H](NC(=O)C[C@H](O)C[C@H](O)CCn2c(-c3ccc(F)cc3)c(-c3ccccc3)c(C(=O)Nc3ccccc3)c2C(C)C)C1. The molecule has 2 heterocycles. The monoisotopic (exact) mass is 937 g/mol. The molecule has 69 heavy (non-hydrogen) atoms. The molecule has 0 bridgehead atoms. The van der Waals surface area contributed by atoms with Crippen molar-refractivity contribution in [1.29, 1.82) is 0 Å². The molecule has 3 aromatic carbocycles. The molecular weight excluding hydrogens is 864 g/mol. The van der Waals surface area contributed by atoms with E-state index in [1.54, 1.807) is 17.0 Å². The van der Waals surface area contributed by atoms with Crippen molar-refractivity contribution in [2.24, 2.45) is 0 Å². The molecule has 366 valence electrons. The van der Waals surface area contributed by atoms with Gasteiger partial charge < -0.3 is 30.3 Å². The van der Waals surface area contributed by atoms with E-state index in [4.69, 9.17) is 0 Å². The highest BCUT2D eigenvalue weighted by molar-refractivity contribution is 6.12. The van der Waals surface area contributed by atoms with E-state index >= 15 is 0 Å². The number of aliphatic hydroxyl groups excluding tert-OH is 2. The molecule has 9 nitrogen and oxygen atoms in total. The van der Waals surface area contributed by atoms with E-state index in [-0.39, 0.29) is 61.3 Å². The van der Waals surface area contributed by atoms with Crippen LogP contribution in [0.3, 0.4) is 0 Å². The zero-order valence-corrected chi connectivity index (χ0v) is 40.8. The Morgan fingerprint density at radius 3 is 1.87 bits per heavy atom. The van der Waals surface area contributed by atoms with Crippen LogP contribution in [-0.2, 0) is 16.1 Å². The molecular formula is C59H73FN4O5. The lowest BCUT2D eigenvalue weighted by molar-refractivity contribution is -0.130. The highest BCUT2D eigenvalue weighted by Crippen LogP contribution is 2.42. The Morgan fingerprint density at radius 2 is 1.29 bits per heavy atom. The van der Waals surface area contributed by atoms with E-state index in [0.29, 0.717) is 60.4 Å². The number of rotatable bonds is 27. The Kier molecular flexibility index (Phi) is 22.9. The van der Waals surface area contributed by atoms with Gasteiger partial charge in [0.1, 0.15) is 5.82 Å². The van der Waals surface area contributed by atoms with Gasteiger partial charge in [-0.3, -0.25) is 14.4 Å². The number of carbonyl (C=O) groups excluding carboxylic acids is 3. The van der Waals surface area contributed by atoms with E-state index in [1.165, 1.54) is 12.1 Å². The van der Waals surface area contributed by atoms with Gasteiger partial charge in [-0.25, -0.2) is 4.39 Å². The minimum atomic E-state index is -1.10. The number of hydrogen-bond acceptors (Lipinski definition) is 5. The van der Waals surface area contributed by atoms with Crippen LogP contribution in [0.4, 0.5) is 10.1 Å². The molecule has 10 heteroatoms. The van der Waals surface area contributed by atoms with Crippen LogP contribution in [0.1, 0.15) is 120 Å². The third-order valence-corrected chi connectivity index (χ3v) is 12.0. The summed E-state index contributed by atoms with van der Waals surface area (Å²) in [4.78, 5) is 42.2. The van der Waals surface area contributed by atoms with Gasteiger partial charge in [0.15, 0.2) is 0 Å². The number of allylic oxidation sites excluding steroid dienone is 12. The molecule has 0 aliphatic carbocycles. The summed E-state index contributed by atoms with van der Waals surface area (Å²) in [5.74, 6) is -1.08. The van der Waals surface area contributed by atoms with Crippen molar-refractivity contribution in [2.75, 3.05) is 18.4 Å². The predicted octanol–water partition coefficient (Wildman–Crippen LogP) is 12.4. The molecule has 5 rings (SSSR count). The first kappa shape index (κ1) is 53.6. The van der Waals surface area contributed by atoms with Crippen molar-refractivity contribution in [3.05, 3.63) is 175 Å². The molecule has 4 aromatic rings. The summed E-state index contributed by atoms with van der Waals surface area (Å²) in [6.45, 7) is 7.44. The molecule has 0 saturated carbocycles. The van der Waals surface area contributed by atoms with Gasteiger partial charge in [0.25, 0.3) is 5.91 Å². The van der Waals surface area contributed by atoms with Gasteiger partial charge in [0.05, 0.1) is 29.9 Å². The lowest BCUT2D eigenvalue weighted by Gasteiger charge is -2.21. The van der Waals surface area contributed by atoms with Crippen LogP contribution in [0, 0.1) is 5.82 Å². The summed E-state index contributed by atoms with van der Waals surface area (Å²) < 4.78 is 16.4. The van der Waals surface area contributed by atoms with Gasteiger partial charge in [-0.15, -0.1) is 0 Å². The Morgan fingerprint density at radius 1 is 0.725 bits per heavy atom. The van der Waals surface area contributed by atoms with Crippen molar-refractivity contribution >= 4 is 23.4 Å². The normalized spacial score (nSPS) is 15.3. The molecule has 0 spiro atoms. The van der Waals surface area contributed by atoms with E-state index in [2.05, 4.69) is 84.4 Å². The van der Waals surface area contributed by atoms with Crippen LogP contribution in [0.2, 0.25) is 0 Å². The Labute approximate surface area is 409 Å². The van der Waals surface area contributed by atoms with Crippen LogP contribution in [-0.4, -0.2) is 68.7 Å². The minimum absolute atomic E-state index is 0.0334. The molecule has 1 aliphatic rings. The topological polar surface area (TPSA) is 124 Å². The summed E-state index contributed by atoms with van der Waals surface area (Å²) in [6, 6.07) is 24.9. The minimum Gasteiger partial charge on any atom is -0.393 e. The highest BCUT2D eigenvalue weighted by atomic mass is 19.1. The number of carbonyl (C=O) groups is 3. The van der Waals surface area contributed by atoms with Gasteiger partial charge in [0.2, 0.25) is 11.8 Å². The number of para-hydroxylation sites is 1. The zero-order valence-electron chi connectivity index (χ0n) is 40.8. The number of anilines is 1. The van der Waals surface area contributed by atoms with Crippen LogP contribution in [0.5, 0.6) is 0 Å². The fourth-order valence-corrected chi connectivity index (χ4v) is 8.61. The van der Waals surface area contributed by atoms with E-state index in [1.807, 2.05) is 85.2 Å². The summed E-state index contributed by atoms with van der Waals surface area (Å²) in [6.07, 6.45) is 31.2. The number of nitrogens with one attached hydrogen (secondary N) is 2. The first-order valence-corrected chi connectivity index (χ1v) is 24.8. The first-order chi connectivity index (χ1) is 33.5. The van der Waals surface area contributed by atoms with Crippen molar-refractivity contribution in [1.82, 2.24) is 14.8 Å². The van der Waals surface area contributed by atoms with E-state index in [0.717, 1.165) is 49.8 Å². The number of aromatic nitrogens is 1. The predicted molar refractivity (Wildman–Crippen MR) is 280 cm³/mol. The molecule has 1 saturated heterocycles. The lowest BCUT2D eigenvalue weighted by atomic mass is 9.94. The van der Waals surface area contributed by atoms with Gasteiger partial charge >= 0.3 is 0 Å². The summed E-state index contributed by atoms with van der Waals surface area (Å²) in [7, 11) is 0. The number of benzene rings is 3. The quantitative estimate of drug-likeness (QED) is 0.0443. The van der Waals surface area contributed by atoms with Gasteiger partial charge in [-0.2, -0.15) is 0 Å². The highest BCUT2D eigenvalue weighted by Gasteiger charge is 2.31. The number of halogens is 1. The fraction of sp³-hybridized carbons (Fsp3) is 0.373. The second kappa shape index (κ2) is 29.5. The molecule has 1 fully saturated rings. The third kappa shape index (κ3) is 17.9. The van der Waals surface area contributed by atoms with Gasteiger partial charge in [0, 0.05) is 49.0 Å². The maximum Gasteiger partial charge on any atom is 0.258 e. The molecule has 1 aliphatic heterocycles. The average molecular weight is 937 g/mol. The Hall–Kier alpha value is -6.36. The Balaban J connectivity index is 1.08. The van der Waals surface area contributed by atoms with Crippen LogP contribution in [0.15, 0.2) is 158 Å². The molecule has 1 aromatic heterocycles. The van der Waals surface area contributed by atoms with Gasteiger partial charge in [-0.05, 0) is 118 Å². The first-order valence-electron chi connectivity index (χ1n) is 24.8. The fourth-order valence-electron chi connectivity index (χ4n) is 8.61. The maximum absolute atomic E-state index is 14.4. The smallest absolute Gasteiger partial charge is 0.258 e. The maximum atomic E-state index is 14.4. The molecule has 0 radical (unpaired) electrons. The van der Waals surface area contributed by atoms with E-state index < -0.39 is 12.2 Å². The number of nitrogens with zero attached hydrogens (tertiary/aromatic N) is 2. The van der Waals surface area contributed by atoms with Crippen molar-refractivity contribution in [3.63, 3.8) is 0 Å². The molecule has 3 amide bonds. The van der Waals surface area contributed by atoms with Crippen molar-refractivity contribution in [2.45, 2.75) is 129 Å². The van der Waals surface area contributed by atoms with E-state index in [9.17, 15) is 29.0 Å². The Bertz CT molecular complexity index is 2380. The van der Waals surface area contributed by atoms with Crippen LogP contribution < -0.4 is 10.6 Å². The summed E-state index contributed by atoms with van der Waals surface area (Å²) in [5.41, 5.74) is 4.82. The third-order valence-electron chi connectivity index (χ3n) is 12.0. The second-order valence-electron chi connectivity index (χ2n) is 17.9. The number of aliphatic hydroxyl groups is 2. The second-order valence-corrected chi connectivity index (χ2v) is 17.9.